The largest absolute Gasteiger partial charge is 0.465 e. The van der Waals surface area contributed by atoms with Crippen LogP contribution in [0.5, 0.6) is 0 Å². The minimum atomic E-state index is -0.878. The third-order valence-corrected chi connectivity index (χ3v) is 3.96. The highest BCUT2D eigenvalue weighted by molar-refractivity contribution is 5.75. The maximum atomic E-state index is 12.1. The molecule has 0 spiro atoms. The third-order valence-electron chi connectivity index (χ3n) is 3.96. The van der Waals surface area contributed by atoms with Crippen LogP contribution in [0.4, 0.5) is 4.79 Å². The van der Waals surface area contributed by atoms with Gasteiger partial charge in [0, 0.05) is 19.1 Å². The van der Waals surface area contributed by atoms with Crippen LogP contribution >= 0.6 is 0 Å². The minimum absolute atomic E-state index is 0.0583. The van der Waals surface area contributed by atoms with Gasteiger partial charge in [-0.2, -0.15) is 0 Å². The van der Waals surface area contributed by atoms with Crippen LogP contribution in [0.1, 0.15) is 25.3 Å². The van der Waals surface area contributed by atoms with Crippen molar-refractivity contribution in [3.8, 4) is 0 Å². The molecule has 0 radical (unpaired) electrons. The van der Waals surface area contributed by atoms with Gasteiger partial charge in [-0.1, -0.05) is 12.1 Å². The summed E-state index contributed by atoms with van der Waals surface area (Å²) in [4.78, 5) is 27.5. The molecule has 6 heteroatoms. The second-order valence-corrected chi connectivity index (χ2v) is 5.17. The van der Waals surface area contributed by atoms with Crippen LogP contribution in [0.15, 0.2) is 29.1 Å². The second-order valence-electron chi connectivity index (χ2n) is 5.17. The first kappa shape index (κ1) is 12.8. The van der Waals surface area contributed by atoms with E-state index < -0.39 is 6.09 Å². The number of hydrogen-bond donors (Lipinski definition) is 2. The van der Waals surface area contributed by atoms with E-state index in [1.165, 1.54) is 4.90 Å². The Bertz CT molecular complexity index is 688. The highest BCUT2D eigenvalue weighted by Gasteiger charge is 2.23. The zero-order chi connectivity index (χ0) is 14.1. The van der Waals surface area contributed by atoms with E-state index in [4.69, 9.17) is 5.11 Å². The monoisotopic (exact) mass is 275 g/mol. The van der Waals surface area contributed by atoms with Gasteiger partial charge < -0.3 is 15.0 Å². The lowest BCUT2D eigenvalue weighted by molar-refractivity contribution is 0.146. The molecule has 2 aromatic rings. The van der Waals surface area contributed by atoms with Crippen molar-refractivity contribution in [2.24, 2.45) is 0 Å². The van der Waals surface area contributed by atoms with Gasteiger partial charge in [-0.15, -0.1) is 0 Å². The summed E-state index contributed by atoms with van der Waals surface area (Å²) in [6, 6.07) is 7.66. The molecular weight excluding hydrogens is 258 g/mol. The number of para-hydroxylation sites is 2. The number of rotatable bonds is 1. The number of hydrogen-bond acceptors (Lipinski definition) is 2. The van der Waals surface area contributed by atoms with Crippen LogP contribution in [0, 0.1) is 0 Å². The van der Waals surface area contributed by atoms with Crippen LogP contribution in [-0.4, -0.2) is 38.7 Å². The van der Waals surface area contributed by atoms with Crippen LogP contribution < -0.4 is 5.69 Å². The number of aromatic nitrogens is 2. The highest BCUT2D eigenvalue weighted by atomic mass is 16.4. The predicted molar refractivity (Wildman–Crippen MR) is 75.0 cm³/mol. The summed E-state index contributed by atoms with van der Waals surface area (Å²) in [5.41, 5.74) is 1.61. The number of carboxylic acid groups (broad SMARTS) is 1. The first-order valence-corrected chi connectivity index (χ1v) is 6.84. The van der Waals surface area contributed by atoms with E-state index in [1.54, 1.807) is 4.57 Å². The van der Waals surface area contributed by atoms with Gasteiger partial charge in [0.15, 0.2) is 0 Å². The number of imidazole rings is 1. The average molecular weight is 275 g/mol. The Morgan fingerprint density at radius 1 is 1.25 bits per heavy atom. The van der Waals surface area contributed by atoms with Crippen molar-refractivity contribution in [3.05, 3.63) is 34.7 Å². The van der Waals surface area contributed by atoms with Gasteiger partial charge in [0.2, 0.25) is 0 Å². The van der Waals surface area contributed by atoms with E-state index in [2.05, 4.69) is 4.98 Å². The summed E-state index contributed by atoms with van der Waals surface area (Å²) in [6.07, 6.45) is 1.40. The Labute approximate surface area is 115 Å². The van der Waals surface area contributed by atoms with E-state index in [-0.39, 0.29) is 11.7 Å². The van der Waals surface area contributed by atoms with Gasteiger partial charge in [0.25, 0.3) is 0 Å². The summed E-state index contributed by atoms with van der Waals surface area (Å²) in [7, 11) is 0. The van der Waals surface area contributed by atoms with Crippen molar-refractivity contribution >= 4 is 17.1 Å². The Morgan fingerprint density at radius 2 is 2.05 bits per heavy atom. The molecule has 1 aliphatic heterocycles. The fourth-order valence-electron chi connectivity index (χ4n) is 2.97. The molecule has 2 N–H and O–H groups in total. The predicted octanol–water partition coefficient (Wildman–Crippen LogP) is 2.03. The third kappa shape index (κ3) is 2.17. The van der Waals surface area contributed by atoms with Crippen molar-refractivity contribution in [3.63, 3.8) is 0 Å². The number of carbonyl (C=O) groups is 1. The van der Waals surface area contributed by atoms with Crippen LogP contribution in [0.3, 0.4) is 0 Å². The Morgan fingerprint density at radius 3 is 2.85 bits per heavy atom. The molecule has 20 heavy (non-hydrogen) atoms. The first-order valence-electron chi connectivity index (χ1n) is 6.84. The highest BCUT2D eigenvalue weighted by Crippen LogP contribution is 2.24. The van der Waals surface area contributed by atoms with Crippen LogP contribution in [0.25, 0.3) is 11.0 Å². The number of nitrogens with one attached hydrogen (secondary N) is 1. The summed E-state index contributed by atoms with van der Waals surface area (Å²) in [5.74, 6) is 0. The van der Waals surface area contributed by atoms with Crippen molar-refractivity contribution in [1.82, 2.24) is 14.5 Å². The summed E-state index contributed by atoms with van der Waals surface area (Å²) in [6.45, 7) is 1.02. The summed E-state index contributed by atoms with van der Waals surface area (Å²) >= 11 is 0. The standard InChI is InChI=1S/C14H17N3O3/c18-13-15-11-5-1-2-6-12(11)17(13)10-4-3-8-16(9-7-10)14(19)20/h1-2,5-6,10H,3-4,7-9H2,(H,15,18)(H,19,20). The zero-order valence-corrected chi connectivity index (χ0v) is 11.1. The lowest BCUT2D eigenvalue weighted by Crippen LogP contribution is -2.30. The smallest absolute Gasteiger partial charge is 0.407 e. The van der Waals surface area contributed by atoms with Crippen LogP contribution in [-0.2, 0) is 0 Å². The molecule has 0 saturated carbocycles. The quantitative estimate of drug-likeness (QED) is 0.836. The van der Waals surface area contributed by atoms with Crippen molar-refractivity contribution in [2.75, 3.05) is 13.1 Å². The van der Waals surface area contributed by atoms with Crippen molar-refractivity contribution in [1.29, 1.82) is 0 Å². The Hall–Kier alpha value is -2.24. The first-order chi connectivity index (χ1) is 9.66. The number of amides is 1. The number of benzene rings is 1. The van der Waals surface area contributed by atoms with E-state index in [9.17, 15) is 9.59 Å². The maximum Gasteiger partial charge on any atom is 0.407 e. The molecule has 1 unspecified atom stereocenters. The number of aromatic amines is 1. The van der Waals surface area contributed by atoms with E-state index in [1.807, 2.05) is 24.3 Å². The molecule has 2 heterocycles. The fraction of sp³-hybridized carbons (Fsp3) is 0.429. The van der Waals surface area contributed by atoms with E-state index >= 15 is 0 Å². The molecule has 106 valence electrons. The maximum absolute atomic E-state index is 12.1. The zero-order valence-electron chi connectivity index (χ0n) is 11.1. The fourth-order valence-corrected chi connectivity index (χ4v) is 2.97. The van der Waals surface area contributed by atoms with Gasteiger partial charge in [-0.05, 0) is 31.4 Å². The average Bonchev–Trinajstić information content (AvgIpc) is 2.61. The molecule has 1 fully saturated rings. The molecule has 0 bridgehead atoms. The molecular formula is C14H17N3O3. The van der Waals surface area contributed by atoms with E-state index in [0.29, 0.717) is 19.5 Å². The number of fused-ring (bicyclic) bond motifs is 1. The van der Waals surface area contributed by atoms with Gasteiger partial charge in [0.1, 0.15) is 0 Å². The topological polar surface area (TPSA) is 78.3 Å². The molecule has 6 nitrogen and oxygen atoms in total. The van der Waals surface area contributed by atoms with Crippen molar-refractivity contribution < 1.29 is 9.90 Å². The molecule has 1 amide bonds. The number of nitrogens with zero attached hydrogens (tertiary/aromatic N) is 2. The molecule has 0 aliphatic carbocycles. The molecule has 1 atom stereocenters. The van der Waals surface area contributed by atoms with Gasteiger partial charge in [0.05, 0.1) is 11.0 Å². The van der Waals surface area contributed by atoms with Crippen LogP contribution in [0.2, 0.25) is 0 Å². The number of likely N-dealkylation sites (tertiary alicyclic amines) is 1. The van der Waals surface area contributed by atoms with E-state index in [0.717, 1.165) is 23.9 Å². The lowest BCUT2D eigenvalue weighted by Gasteiger charge is -2.17. The summed E-state index contributed by atoms with van der Waals surface area (Å²) in [5, 5.41) is 9.06. The summed E-state index contributed by atoms with van der Waals surface area (Å²) < 4.78 is 1.78. The molecule has 1 aromatic heterocycles. The molecule has 1 saturated heterocycles. The molecule has 3 rings (SSSR count). The Kier molecular flexibility index (Phi) is 3.22. The van der Waals surface area contributed by atoms with Crippen molar-refractivity contribution in [2.45, 2.75) is 25.3 Å². The SMILES string of the molecule is O=C(O)N1CCCC(n2c(=O)[nH]c3ccccc32)CC1. The molecule has 1 aliphatic rings. The second kappa shape index (κ2) is 5.03. The van der Waals surface area contributed by atoms with Gasteiger partial charge in [-0.25, -0.2) is 9.59 Å². The minimum Gasteiger partial charge on any atom is -0.465 e. The molecule has 1 aromatic carbocycles. The number of H-pyrrole nitrogens is 1. The lowest BCUT2D eigenvalue weighted by atomic mass is 10.1. The van der Waals surface area contributed by atoms with Gasteiger partial charge >= 0.3 is 11.8 Å². The Balaban J connectivity index is 1.93. The normalized spacial score (nSPS) is 20.0. The van der Waals surface area contributed by atoms with Gasteiger partial charge in [-0.3, -0.25) is 4.57 Å².